The second-order valence-corrected chi connectivity index (χ2v) is 10.9. The maximum absolute atomic E-state index is 15.7. The van der Waals surface area contributed by atoms with Crippen molar-refractivity contribution in [3.8, 4) is 0 Å². The highest BCUT2D eigenvalue weighted by Gasteiger charge is 2.37. The first-order valence-electron chi connectivity index (χ1n) is 14.0. The zero-order chi connectivity index (χ0) is 27.8. The summed E-state index contributed by atoms with van der Waals surface area (Å²) in [5.41, 5.74) is 2.73. The Morgan fingerprint density at radius 2 is 1.90 bits per heavy atom. The van der Waals surface area contributed by atoms with Crippen molar-refractivity contribution in [3.63, 3.8) is 0 Å². The number of ketones is 1. The number of halogens is 2. The number of methoxy groups -OCH3 is 1. The number of oxazole rings is 1. The van der Waals surface area contributed by atoms with Crippen molar-refractivity contribution in [2.24, 2.45) is 5.92 Å². The molecule has 2 atom stereocenters. The van der Waals surface area contributed by atoms with Crippen LogP contribution in [0, 0.1) is 11.7 Å². The van der Waals surface area contributed by atoms with Gasteiger partial charge in [0.25, 0.3) is 0 Å². The van der Waals surface area contributed by atoms with Crippen molar-refractivity contribution in [1.29, 1.82) is 0 Å². The van der Waals surface area contributed by atoms with Crippen molar-refractivity contribution in [2.45, 2.75) is 63.4 Å². The van der Waals surface area contributed by atoms with E-state index >= 15 is 4.39 Å². The Kier molecular flexibility index (Phi) is 7.55. The molecule has 1 unspecified atom stereocenters. The largest absolute Gasteiger partial charge is 0.469 e. The number of hydrogen-bond acceptors (Lipinski definition) is 8. The Morgan fingerprint density at radius 3 is 2.65 bits per heavy atom. The number of para-hydroxylation sites is 1. The number of rotatable bonds is 8. The van der Waals surface area contributed by atoms with Gasteiger partial charge >= 0.3 is 12.0 Å². The maximum Gasteiger partial charge on any atom is 0.308 e. The summed E-state index contributed by atoms with van der Waals surface area (Å²) in [5, 5.41) is 0. The molecule has 1 saturated heterocycles. The Hall–Kier alpha value is -3.37. The fourth-order valence-electron chi connectivity index (χ4n) is 6.16. The second-order valence-electron chi connectivity index (χ2n) is 10.9. The highest BCUT2D eigenvalue weighted by Crippen LogP contribution is 2.36. The first kappa shape index (κ1) is 26.8. The van der Waals surface area contributed by atoms with Crippen LogP contribution in [-0.2, 0) is 31.9 Å². The zero-order valence-electron chi connectivity index (χ0n) is 22.5. The maximum atomic E-state index is 15.7. The number of carbonyl (C=O) groups is 2. The van der Waals surface area contributed by atoms with Gasteiger partial charge < -0.3 is 13.9 Å². The van der Waals surface area contributed by atoms with Crippen LogP contribution in [0.4, 0.5) is 20.5 Å². The minimum Gasteiger partial charge on any atom is -0.469 e. The van der Waals surface area contributed by atoms with Gasteiger partial charge in [-0.05, 0) is 61.8 Å². The van der Waals surface area contributed by atoms with Gasteiger partial charge in [0.05, 0.1) is 19.1 Å². The number of hydrogen-bond donors (Lipinski definition) is 0. The number of carbonyl (C=O) groups excluding carboxylic acids is 2. The summed E-state index contributed by atoms with van der Waals surface area (Å²) < 4.78 is 46.8. The summed E-state index contributed by atoms with van der Waals surface area (Å²) in [4.78, 5) is 33.6. The Balaban J connectivity index is 1.19. The minimum atomic E-state index is -1.04. The molecule has 10 heteroatoms. The Labute approximate surface area is 231 Å². The molecule has 2 fully saturated rings. The number of anilines is 2. The van der Waals surface area contributed by atoms with E-state index in [1.165, 1.54) is 12.7 Å². The molecule has 0 spiro atoms. The average Bonchev–Trinajstić information content (AvgIpc) is 3.71. The monoisotopic (exact) mass is 553 g/mol. The van der Waals surface area contributed by atoms with Gasteiger partial charge in [0, 0.05) is 31.7 Å². The van der Waals surface area contributed by atoms with Gasteiger partial charge in [-0.2, -0.15) is 4.98 Å². The SMILES string of the molecule is COC(=O)C1CCC(OC(C(=O)Cc2ccc3nc(N4CCc5ccccc54)oc3c2F)N2CC[C@H](F)C2)CC1. The molecular weight excluding hydrogens is 520 g/mol. The number of benzene rings is 2. The normalized spacial score (nSPS) is 23.9. The number of fused-ring (bicyclic) bond motifs is 2. The first-order valence-corrected chi connectivity index (χ1v) is 14.0. The summed E-state index contributed by atoms with van der Waals surface area (Å²) in [6.07, 6.45) is 1.07. The molecule has 40 heavy (non-hydrogen) atoms. The lowest BCUT2D eigenvalue weighted by Gasteiger charge is -2.33. The van der Waals surface area contributed by atoms with Crippen LogP contribution < -0.4 is 4.90 Å². The van der Waals surface area contributed by atoms with E-state index < -0.39 is 18.2 Å². The molecule has 1 aromatic heterocycles. The van der Waals surface area contributed by atoms with Crippen LogP contribution in [0.3, 0.4) is 0 Å². The quantitative estimate of drug-likeness (QED) is 0.365. The number of nitrogens with zero attached hydrogens (tertiary/aromatic N) is 3. The van der Waals surface area contributed by atoms with E-state index in [2.05, 4.69) is 11.1 Å². The number of likely N-dealkylation sites (tertiary alicyclic amines) is 1. The molecule has 1 aliphatic carbocycles. The smallest absolute Gasteiger partial charge is 0.308 e. The molecule has 2 aromatic carbocycles. The third kappa shape index (κ3) is 5.22. The fourth-order valence-corrected chi connectivity index (χ4v) is 6.16. The topological polar surface area (TPSA) is 85.1 Å². The summed E-state index contributed by atoms with van der Waals surface area (Å²) in [5.74, 6) is -1.38. The molecular formula is C30H33F2N3O5. The van der Waals surface area contributed by atoms with Gasteiger partial charge in [-0.3, -0.25) is 19.4 Å². The molecule has 3 aliphatic rings. The van der Waals surface area contributed by atoms with Gasteiger partial charge in [0.2, 0.25) is 0 Å². The summed E-state index contributed by atoms with van der Waals surface area (Å²) in [7, 11) is 1.38. The molecule has 3 aromatic rings. The summed E-state index contributed by atoms with van der Waals surface area (Å²) in [6, 6.07) is 11.5. The molecule has 212 valence electrons. The van der Waals surface area contributed by atoms with Crippen LogP contribution in [0.2, 0.25) is 0 Å². The molecule has 8 nitrogen and oxygen atoms in total. The highest BCUT2D eigenvalue weighted by molar-refractivity contribution is 5.87. The summed E-state index contributed by atoms with van der Waals surface area (Å²) in [6.45, 7) is 1.17. The van der Waals surface area contributed by atoms with E-state index in [0.29, 0.717) is 56.7 Å². The lowest BCUT2D eigenvalue weighted by atomic mass is 9.87. The van der Waals surface area contributed by atoms with Gasteiger partial charge in [0.1, 0.15) is 11.7 Å². The van der Waals surface area contributed by atoms with Crippen LogP contribution in [-0.4, -0.2) is 66.9 Å². The third-order valence-electron chi connectivity index (χ3n) is 8.35. The van der Waals surface area contributed by atoms with E-state index in [0.717, 1.165) is 12.1 Å². The fraction of sp³-hybridized carbons (Fsp3) is 0.500. The lowest BCUT2D eigenvalue weighted by molar-refractivity contribution is -0.158. The standard InChI is InChI=1S/C30H33F2N3O5/c1-38-29(37)19-6-9-22(10-7-19)39-28(34-14-13-21(31)17-34)25(36)16-20-8-11-23-27(26(20)32)40-30(33-23)35-15-12-18-4-2-3-5-24(18)35/h2-5,8,11,19,21-22,28H,6-7,9-10,12-17H2,1H3/t19?,21-,22?,28?/m0/s1. The highest BCUT2D eigenvalue weighted by atomic mass is 19.1. The second kappa shape index (κ2) is 11.2. The van der Waals surface area contributed by atoms with E-state index in [4.69, 9.17) is 13.9 Å². The molecule has 6 rings (SSSR count). The number of alkyl halides is 1. The van der Waals surface area contributed by atoms with Crippen molar-refractivity contribution < 1.29 is 32.3 Å². The number of aromatic nitrogens is 1. The number of esters is 1. The third-order valence-corrected chi connectivity index (χ3v) is 8.35. The van der Waals surface area contributed by atoms with Crippen LogP contribution in [0.1, 0.15) is 43.2 Å². The molecule has 0 N–H and O–H groups in total. The molecule has 2 aliphatic heterocycles. The summed E-state index contributed by atoms with van der Waals surface area (Å²) >= 11 is 0. The van der Waals surface area contributed by atoms with Crippen LogP contribution in [0.5, 0.6) is 0 Å². The number of Topliss-reactive ketones (excluding diaryl/α,β-unsaturated/α-hetero) is 1. The van der Waals surface area contributed by atoms with E-state index in [9.17, 15) is 14.0 Å². The Morgan fingerprint density at radius 1 is 1.10 bits per heavy atom. The van der Waals surface area contributed by atoms with Crippen LogP contribution in [0.25, 0.3) is 11.1 Å². The number of ether oxygens (including phenoxy) is 2. The van der Waals surface area contributed by atoms with E-state index in [1.54, 1.807) is 17.0 Å². The van der Waals surface area contributed by atoms with Gasteiger partial charge in [-0.25, -0.2) is 8.78 Å². The zero-order valence-corrected chi connectivity index (χ0v) is 22.5. The van der Waals surface area contributed by atoms with Gasteiger partial charge in [-0.15, -0.1) is 0 Å². The molecule has 0 radical (unpaired) electrons. The van der Waals surface area contributed by atoms with E-state index in [1.807, 2.05) is 23.1 Å². The first-order chi connectivity index (χ1) is 19.4. The van der Waals surface area contributed by atoms with Crippen LogP contribution in [0.15, 0.2) is 40.8 Å². The van der Waals surface area contributed by atoms with E-state index in [-0.39, 0.29) is 47.9 Å². The minimum absolute atomic E-state index is 0.00766. The predicted molar refractivity (Wildman–Crippen MR) is 144 cm³/mol. The Bertz CT molecular complexity index is 1400. The van der Waals surface area contributed by atoms with Crippen molar-refractivity contribution in [2.75, 3.05) is 31.6 Å². The molecule has 1 saturated carbocycles. The van der Waals surface area contributed by atoms with Gasteiger partial charge in [-0.1, -0.05) is 24.3 Å². The lowest BCUT2D eigenvalue weighted by Crippen LogP contribution is -2.45. The molecule has 0 bridgehead atoms. The van der Waals surface area contributed by atoms with Crippen LogP contribution >= 0.6 is 0 Å². The van der Waals surface area contributed by atoms with Crippen molar-refractivity contribution in [3.05, 3.63) is 53.3 Å². The molecule has 0 amide bonds. The predicted octanol–water partition coefficient (Wildman–Crippen LogP) is 4.89. The average molecular weight is 554 g/mol. The molecule has 3 heterocycles. The van der Waals surface area contributed by atoms with Gasteiger partial charge in [0.15, 0.2) is 23.4 Å². The van der Waals surface area contributed by atoms with Crippen molar-refractivity contribution >= 4 is 34.6 Å². The van der Waals surface area contributed by atoms with Crippen molar-refractivity contribution in [1.82, 2.24) is 9.88 Å².